The molecule has 1 aliphatic rings. The highest BCUT2D eigenvalue weighted by Crippen LogP contribution is 2.28. The molecule has 0 aromatic heterocycles. The van der Waals surface area contributed by atoms with Gasteiger partial charge in [-0.25, -0.2) is 0 Å². The van der Waals surface area contributed by atoms with Crippen LogP contribution in [0.4, 0.5) is 0 Å². The van der Waals surface area contributed by atoms with Gasteiger partial charge in [-0.15, -0.1) is 0 Å². The van der Waals surface area contributed by atoms with Gasteiger partial charge in [0.2, 0.25) is 0 Å². The Labute approximate surface area is 99.6 Å². The molecule has 0 saturated carbocycles. The summed E-state index contributed by atoms with van der Waals surface area (Å²) in [5.41, 5.74) is -0.520. The van der Waals surface area contributed by atoms with Crippen LogP contribution in [0.1, 0.15) is 33.6 Å². The number of hydrogen-bond donors (Lipinski definition) is 1. The van der Waals surface area contributed by atoms with Crippen molar-refractivity contribution in [1.82, 2.24) is 5.32 Å². The fourth-order valence-corrected chi connectivity index (χ4v) is 2.87. The lowest BCUT2D eigenvalue weighted by Crippen LogP contribution is -2.52. The van der Waals surface area contributed by atoms with E-state index in [9.17, 15) is 9.00 Å². The summed E-state index contributed by atoms with van der Waals surface area (Å²) in [5.74, 6) is -0.317. The maximum absolute atomic E-state index is 12.1. The highest BCUT2D eigenvalue weighted by atomic mass is 32.2. The average Bonchev–Trinajstić information content (AvgIpc) is 2.16. The summed E-state index contributed by atoms with van der Waals surface area (Å²) in [6.07, 6.45) is 2.77. The molecule has 1 rings (SSSR count). The fourth-order valence-electron chi connectivity index (χ4n) is 1.81. The second kappa shape index (κ2) is 4.84. The van der Waals surface area contributed by atoms with Gasteiger partial charge in [-0.1, -0.05) is 0 Å². The molecule has 1 N–H and O–H groups in total. The largest absolute Gasteiger partial charge is 0.459 e. The Morgan fingerprint density at radius 1 is 1.31 bits per heavy atom. The van der Waals surface area contributed by atoms with E-state index in [1.54, 1.807) is 6.26 Å². The molecule has 1 saturated heterocycles. The Hall–Kier alpha value is -0.420. The Balaban J connectivity index is 2.85. The minimum Gasteiger partial charge on any atom is -0.459 e. The van der Waals surface area contributed by atoms with Gasteiger partial charge in [0.25, 0.3) is 0 Å². The molecule has 5 heteroatoms. The van der Waals surface area contributed by atoms with Crippen LogP contribution in [0, 0.1) is 0 Å². The molecule has 1 aliphatic heterocycles. The Bertz CT molecular complexity index is 290. The molecule has 1 atom stereocenters. The van der Waals surface area contributed by atoms with Gasteiger partial charge in [0.05, 0.1) is 0 Å². The molecule has 0 aromatic carbocycles. The first-order valence-corrected chi connectivity index (χ1v) is 7.11. The standard InChI is InChI=1S/C11H21NO3S/c1-10(2,3)15-9(13)11(16(4)14)5-7-12-8-6-11/h12H,5-8H2,1-4H3. The third kappa shape index (κ3) is 3.04. The SMILES string of the molecule is CS(=O)C1(C(=O)OC(C)(C)C)CCNCC1. The maximum atomic E-state index is 12.1. The van der Waals surface area contributed by atoms with Crippen molar-refractivity contribution in [3.05, 3.63) is 0 Å². The Kier molecular flexibility index (Phi) is 4.12. The number of hydrogen-bond acceptors (Lipinski definition) is 4. The molecule has 4 nitrogen and oxygen atoms in total. The second-order valence-electron chi connectivity index (χ2n) is 5.20. The maximum Gasteiger partial charge on any atom is 0.325 e. The molecule has 0 bridgehead atoms. The number of carbonyl (C=O) groups excluding carboxylic acids is 1. The van der Waals surface area contributed by atoms with Crippen molar-refractivity contribution in [2.24, 2.45) is 0 Å². The van der Waals surface area contributed by atoms with Gasteiger partial charge in [0, 0.05) is 17.1 Å². The molecule has 0 aliphatic carbocycles. The molecule has 16 heavy (non-hydrogen) atoms. The Morgan fingerprint density at radius 2 is 1.81 bits per heavy atom. The van der Waals surface area contributed by atoms with E-state index >= 15 is 0 Å². The lowest BCUT2D eigenvalue weighted by molar-refractivity contribution is -0.158. The van der Waals surface area contributed by atoms with Crippen molar-refractivity contribution in [2.75, 3.05) is 19.3 Å². The van der Waals surface area contributed by atoms with Crippen molar-refractivity contribution < 1.29 is 13.7 Å². The van der Waals surface area contributed by atoms with Crippen LogP contribution in [-0.4, -0.2) is 39.9 Å². The summed E-state index contributed by atoms with van der Waals surface area (Å²) in [5, 5.41) is 3.17. The van der Waals surface area contributed by atoms with Crippen LogP contribution in [0.3, 0.4) is 0 Å². The van der Waals surface area contributed by atoms with Crippen molar-refractivity contribution in [3.63, 3.8) is 0 Å². The molecule has 0 aromatic rings. The molecule has 0 amide bonds. The molecule has 94 valence electrons. The minimum atomic E-state index is -1.19. The summed E-state index contributed by atoms with van der Waals surface area (Å²) in [7, 11) is -1.19. The van der Waals surface area contributed by atoms with Crippen LogP contribution in [-0.2, 0) is 20.3 Å². The first-order valence-electron chi connectivity index (χ1n) is 5.56. The topological polar surface area (TPSA) is 55.4 Å². The van der Waals surface area contributed by atoms with Gasteiger partial charge in [-0.2, -0.15) is 0 Å². The predicted molar refractivity (Wildman–Crippen MR) is 64.7 cm³/mol. The highest BCUT2D eigenvalue weighted by Gasteiger charge is 2.46. The van der Waals surface area contributed by atoms with E-state index in [4.69, 9.17) is 4.74 Å². The van der Waals surface area contributed by atoms with Gasteiger partial charge in [0.1, 0.15) is 10.3 Å². The van der Waals surface area contributed by atoms with Gasteiger partial charge < -0.3 is 10.1 Å². The summed E-state index contributed by atoms with van der Waals surface area (Å²) < 4.78 is 16.4. The minimum absolute atomic E-state index is 0.317. The summed E-state index contributed by atoms with van der Waals surface area (Å²) in [6.45, 7) is 6.94. The third-order valence-electron chi connectivity index (χ3n) is 2.73. The third-order valence-corrected chi connectivity index (χ3v) is 4.41. The van der Waals surface area contributed by atoms with Crippen LogP contribution in [0.5, 0.6) is 0 Å². The van der Waals surface area contributed by atoms with Crippen molar-refractivity contribution >= 4 is 16.8 Å². The van der Waals surface area contributed by atoms with Gasteiger partial charge in [0.15, 0.2) is 0 Å². The molecule has 1 unspecified atom stereocenters. The van der Waals surface area contributed by atoms with E-state index in [2.05, 4.69) is 5.32 Å². The first-order chi connectivity index (χ1) is 7.28. The number of ether oxygens (including phenoxy) is 1. The number of piperidine rings is 1. The van der Waals surface area contributed by atoms with Crippen LogP contribution < -0.4 is 5.32 Å². The number of esters is 1. The zero-order valence-corrected chi connectivity index (χ0v) is 11.3. The summed E-state index contributed by atoms with van der Waals surface area (Å²) in [6, 6.07) is 0. The fraction of sp³-hybridized carbons (Fsp3) is 0.909. The molecular formula is C11H21NO3S. The summed E-state index contributed by atoms with van der Waals surface area (Å²) in [4.78, 5) is 12.1. The average molecular weight is 247 g/mol. The Morgan fingerprint density at radius 3 is 2.19 bits per heavy atom. The molecule has 1 fully saturated rings. The first kappa shape index (κ1) is 13.6. The molecular weight excluding hydrogens is 226 g/mol. The quantitative estimate of drug-likeness (QED) is 0.734. The van der Waals surface area contributed by atoms with Crippen LogP contribution in [0.25, 0.3) is 0 Å². The van der Waals surface area contributed by atoms with E-state index in [0.717, 1.165) is 13.1 Å². The monoisotopic (exact) mass is 247 g/mol. The summed E-state index contributed by atoms with van der Waals surface area (Å²) >= 11 is 0. The zero-order valence-electron chi connectivity index (χ0n) is 10.5. The molecule has 0 radical (unpaired) electrons. The van der Waals surface area contributed by atoms with Crippen LogP contribution in [0.15, 0.2) is 0 Å². The normalized spacial score (nSPS) is 22.5. The smallest absolute Gasteiger partial charge is 0.325 e. The highest BCUT2D eigenvalue weighted by molar-refractivity contribution is 7.86. The van der Waals surface area contributed by atoms with E-state index in [1.807, 2.05) is 20.8 Å². The zero-order chi connectivity index (χ0) is 12.4. The van der Waals surface area contributed by atoms with E-state index in [-0.39, 0.29) is 5.97 Å². The van der Waals surface area contributed by atoms with Gasteiger partial charge in [-0.05, 0) is 46.7 Å². The van der Waals surface area contributed by atoms with Gasteiger partial charge >= 0.3 is 5.97 Å². The van der Waals surface area contributed by atoms with E-state index in [1.165, 1.54) is 0 Å². The van der Waals surface area contributed by atoms with Crippen molar-refractivity contribution in [2.45, 2.75) is 44.0 Å². The number of nitrogens with one attached hydrogen (secondary N) is 1. The van der Waals surface area contributed by atoms with Gasteiger partial charge in [-0.3, -0.25) is 9.00 Å². The molecule has 0 spiro atoms. The van der Waals surface area contributed by atoms with Crippen LogP contribution in [0.2, 0.25) is 0 Å². The van der Waals surface area contributed by atoms with Crippen molar-refractivity contribution in [1.29, 1.82) is 0 Å². The van der Waals surface area contributed by atoms with Crippen LogP contribution >= 0.6 is 0 Å². The lowest BCUT2D eigenvalue weighted by Gasteiger charge is -2.35. The van der Waals surface area contributed by atoms with E-state index in [0.29, 0.717) is 12.8 Å². The number of rotatable bonds is 2. The van der Waals surface area contributed by atoms with E-state index < -0.39 is 21.1 Å². The lowest BCUT2D eigenvalue weighted by atomic mass is 9.96. The second-order valence-corrected chi connectivity index (χ2v) is 6.89. The molecule has 1 heterocycles. The number of carbonyl (C=O) groups is 1. The predicted octanol–water partition coefficient (Wildman–Crippen LogP) is 0.829. The van der Waals surface area contributed by atoms with Crippen molar-refractivity contribution in [3.8, 4) is 0 Å².